The summed E-state index contributed by atoms with van der Waals surface area (Å²) in [5.74, 6) is -1.63. The van der Waals surface area contributed by atoms with Crippen molar-refractivity contribution in [3.63, 3.8) is 0 Å². The fraction of sp³-hybridized carbons (Fsp3) is 0.524. The van der Waals surface area contributed by atoms with Crippen molar-refractivity contribution in [3.8, 4) is 0 Å². The molecule has 3 amide bonds. The lowest BCUT2D eigenvalue weighted by molar-refractivity contribution is -0.152. The summed E-state index contributed by atoms with van der Waals surface area (Å²) in [6.45, 7) is 3.33. The molecule has 0 bridgehead atoms. The lowest BCUT2D eigenvalue weighted by atomic mass is 9.96. The van der Waals surface area contributed by atoms with Gasteiger partial charge < -0.3 is 20.7 Å². The van der Waals surface area contributed by atoms with Crippen LogP contribution in [0.15, 0.2) is 30.3 Å². The molecule has 0 saturated heterocycles. The second kappa shape index (κ2) is 11.2. The minimum absolute atomic E-state index is 0.0480. The van der Waals surface area contributed by atoms with Crippen molar-refractivity contribution in [2.75, 3.05) is 6.54 Å². The summed E-state index contributed by atoms with van der Waals surface area (Å²) in [5.41, 5.74) is 0.881. The SMILES string of the molecule is CC(C)C(NC(=O)C(Cc1ccccc1)NC=O)C(=O)NCC(=O)OC1CCC1. The lowest BCUT2D eigenvalue weighted by Gasteiger charge is -2.26. The van der Waals surface area contributed by atoms with Crippen LogP contribution in [0.5, 0.6) is 0 Å². The fourth-order valence-electron chi connectivity index (χ4n) is 2.93. The highest BCUT2D eigenvalue weighted by molar-refractivity contribution is 5.92. The van der Waals surface area contributed by atoms with E-state index in [2.05, 4.69) is 16.0 Å². The predicted octanol–water partition coefficient (Wildman–Crippen LogP) is 0.696. The average molecular weight is 403 g/mol. The maximum Gasteiger partial charge on any atom is 0.325 e. The van der Waals surface area contributed by atoms with E-state index in [-0.39, 0.29) is 18.6 Å². The normalized spacial score (nSPS) is 15.6. The van der Waals surface area contributed by atoms with Gasteiger partial charge in [-0.3, -0.25) is 19.2 Å². The van der Waals surface area contributed by atoms with Gasteiger partial charge >= 0.3 is 5.97 Å². The summed E-state index contributed by atoms with van der Waals surface area (Å²) in [4.78, 5) is 47.9. The molecule has 1 saturated carbocycles. The standard InChI is InChI=1S/C21H29N3O5/c1-14(2)19(21(28)22-12-18(26)29-16-9-6-10-16)24-20(27)17(23-13-25)11-15-7-4-3-5-8-15/h3-5,7-8,13-14,16-17,19H,6,9-12H2,1-2H3,(H,22,28)(H,23,25)(H,24,27). The quantitative estimate of drug-likeness (QED) is 0.372. The van der Waals surface area contributed by atoms with Crippen LogP contribution in [0.2, 0.25) is 0 Å². The Kier molecular flexibility index (Phi) is 8.64. The molecule has 1 aliphatic carbocycles. The number of rotatable bonds is 11. The molecule has 1 fully saturated rings. The topological polar surface area (TPSA) is 114 Å². The van der Waals surface area contributed by atoms with E-state index >= 15 is 0 Å². The van der Waals surface area contributed by atoms with E-state index < -0.39 is 29.9 Å². The average Bonchev–Trinajstić information content (AvgIpc) is 2.67. The molecule has 3 N–H and O–H groups in total. The Hall–Kier alpha value is -2.90. The number of esters is 1. The zero-order valence-corrected chi connectivity index (χ0v) is 16.9. The zero-order chi connectivity index (χ0) is 21.2. The Bertz CT molecular complexity index is 704. The second-order valence-corrected chi connectivity index (χ2v) is 7.52. The van der Waals surface area contributed by atoms with Crippen LogP contribution in [0, 0.1) is 5.92 Å². The third-order valence-electron chi connectivity index (χ3n) is 4.87. The molecule has 0 aromatic heterocycles. The summed E-state index contributed by atoms with van der Waals surface area (Å²) in [5, 5.41) is 7.71. The largest absolute Gasteiger partial charge is 0.461 e. The van der Waals surface area contributed by atoms with Gasteiger partial charge in [-0.05, 0) is 30.7 Å². The molecular formula is C21H29N3O5. The van der Waals surface area contributed by atoms with Crippen LogP contribution in [0.25, 0.3) is 0 Å². The molecule has 0 radical (unpaired) electrons. The van der Waals surface area contributed by atoms with Crippen LogP contribution in [-0.4, -0.2) is 48.9 Å². The van der Waals surface area contributed by atoms with Crippen molar-refractivity contribution in [2.24, 2.45) is 5.92 Å². The molecule has 8 nitrogen and oxygen atoms in total. The maximum atomic E-state index is 12.7. The summed E-state index contributed by atoms with van der Waals surface area (Å²) >= 11 is 0. The number of benzene rings is 1. The number of hydrogen-bond donors (Lipinski definition) is 3. The Labute approximate surface area is 170 Å². The first-order valence-electron chi connectivity index (χ1n) is 9.92. The molecule has 0 spiro atoms. The molecule has 0 aliphatic heterocycles. The molecule has 1 aliphatic rings. The van der Waals surface area contributed by atoms with Crippen molar-refractivity contribution in [1.29, 1.82) is 0 Å². The highest BCUT2D eigenvalue weighted by Gasteiger charge is 2.29. The maximum absolute atomic E-state index is 12.7. The molecule has 8 heteroatoms. The van der Waals surface area contributed by atoms with Crippen LogP contribution < -0.4 is 16.0 Å². The van der Waals surface area contributed by atoms with Gasteiger partial charge in [0, 0.05) is 6.42 Å². The van der Waals surface area contributed by atoms with Crippen molar-refractivity contribution in [1.82, 2.24) is 16.0 Å². The molecule has 29 heavy (non-hydrogen) atoms. The number of amides is 3. The highest BCUT2D eigenvalue weighted by atomic mass is 16.5. The van der Waals surface area contributed by atoms with Gasteiger partial charge in [0.15, 0.2) is 0 Å². The van der Waals surface area contributed by atoms with Gasteiger partial charge in [0.05, 0.1) is 0 Å². The van der Waals surface area contributed by atoms with Gasteiger partial charge in [0.1, 0.15) is 24.7 Å². The molecule has 0 heterocycles. The first-order chi connectivity index (χ1) is 13.9. The summed E-state index contributed by atoms with van der Waals surface area (Å²) in [6, 6.07) is 7.61. The minimum Gasteiger partial charge on any atom is -0.461 e. The van der Waals surface area contributed by atoms with E-state index in [1.165, 1.54) is 0 Å². The molecule has 1 aromatic carbocycles. The van der Waals surface area contributed by atoms with E-state index in [1.807, 2.05) is 30.3 Å². The van der Waals surface area contributed by atoms with Crippen LogP contribution >= 0.6 is 0 Å². The minimum atomic E-state index is -0.842. The summed E-state index contributed by atoms with van der Waals surface area (Å²) < 4.78 is 5.20. The Balaban J connectivity index is 1.91. The molecule has 158 valence electrons. The summed E-state index contributed by atoms with van der Waals surface area (Å²) in [7, 11) is 0. The third-order valence-corrected chi connectivity index (χ3v) is 4.87. The number of carbonyl (C=O) groups is 4. The van der Waals surface area contributed by atoms with E-state index in [0.29, 0.717) is 12.8 Å². The van der Waals surface area contributed by atoms with Gasteiger partial charge in [0.2, 0.25) is 18.2 Å². The number of carbonyl (C=O) groups excluding carboxylic acids is 4. The van der Waals surface area contributed by atoms with Gasteiger partial charge in [-0.15, -0.1) is 0 Å². The zero-order valence-electron chi connectivity index (χ0n) is 16.9. The molecular weight excluding hydrogens is 374 g/mol. The first kappa shape index (κ1) is 22.4. The van der Waals surface area contributed by atoms with Gasteiger partial charge in [0.25, 0.3) is 0 Å². The lowest BCUT2D eigenvalue weighted by Crippen LogP contribution is -2.55. The van der Waals surface area contributed by atoms with Gasteiger partial charge in [-0.1, -0.05) is 44.2 Å². The van der Waals surface area contributed by atoms with E-state index in [9.17, 15) is 19.2 Å². The van der Waals surface area contributed by atoms with Gasteiger partial charge in [-0.25, -0.2) is 0 Å². The molecule has 2 unspecified atom stereocenters. The third kappa shape index (κ3) is 7.21. The number of nitrogens with one attached hydrogen (secondary N) is 3. The van der Waals surface area contributed by atoms with Crippen molar-refractivity contribution >= 4 is 24.2 Å². The molecule has 1 aromatic rings. The second-order valence-electron chi connectivity index (χ2n) is 7.52. The Morgan fingerprint density at radius 1 is 1.14 bits per heavy atom. The van der Waals surface area contributed by atoms with Crippen molar-refractivity contribution < 1.29 is 23.9 Å². The van der Waals surface area contributed by atoms with E-state index in [0.717, 1.165) is 24.8 Å². The molecule has 2 atom stereocenters. The van der Waals surface area contributed by atoms with E-state index in [1.54, 1.807) is 13.8 Å². The van der Waals surface area contributed by atoms with Crippen LogP contribution in [0.1, 0.15) is 38.7 Å². The first-order valence-corrected chi connectivity index (χ1v) is 9.92. The number of hydrogen-bond acceptors (Lipinski definition) is 5. The van der Waals surface area contributed by atoms with Crippen LogP contribution in [0.3, 0.4) is 0 Å². The van der Waals surface area contributed by atoms with Crippen molar-refractivity contribution in [2.45, 2.75) is 57.7 Å². The molecule has 2 rings (SSSR count). The van der Waals surface area contributed by atoms with Crippen molar-refractivity contribution in [3.05, 3.63) is 35.9 Å². The monoisotopic (exact) mass is 403 g/mol. The van der Waals surface area contributed by atoms with Gasteiger partial charge in [-0.2, -0.15) is 0 Å². The Morgan fingerprint density at radius 2 is 1.83 bits per heavy atom. The summed E-state index contributed by atoms with van der Waals surface area (Å²) in [6.07, 6.45) is 3.48. The highest BCUT2D eigenvalue weighted by Crippen LogP contribution is 2.21. The predicted molar refractivity (Wildman–Crippen MR) is 107 cm³/mol. The fourth-order valence-corrected chi connectivity index (χ4v) is 2.93. The number of ether oxygens (including phenoxy) is 1. The Morgan fingerprint density at radius 3 is 2.38 bits per heavy atom. The van der Waals surface area contributed by atoms with E-state index in [4.69, 9.17) is 4.74 Å². The smallest absolute Gasteiger partial charge is 0.325 e. The van der Waals surface area contributed by atoms with Crippen LogP contribution in [0.4, 0.5) is 0 Å². The van der Waals surface area contributed by atoms with Crippen LogP contribution in [-0.2, 0) is 30.3 Å².